The van der Waals surface area contributed by atoms with E-state index in [0.29, 0.717) is 0 Å². The molecule has 0 N–H and O–H groups in total. The van der Waals surface area contributed by atoms with Crippen LogP contribution in [0.1, 0.15) is 0 Å². The molecule has 0 aromatic heterocycles. The summed E-state index contributed by atoms with van der Waals surface area (Å²) in [5.41, 5.74) is -5.87. The van der Waals surface area contributed by atoms with Crippen molar-refractivity contribution in [2.24, 2.45) is 0 Å². The molecule has 0 bridgehead atoms. The Hall–Kier alpha value is -2.50. The summed E-state index contributed by atoms with van der Waals surface area (Å²) in [6.45, 7) is 0. The van der Waals surface area contributed by atoms with Gasteiger partial charge in [0, 0.05) is 21.9 Å². The molecule has 0 amide bonds. The molecule has 11 heteroatoms. The lowest BCUT2D eigenvalue weighted by Crippen LogP contribution is -2.28. The molecule has 3 rings (SSSR count). The molecule has 3 nitrogen and oxygen atoms in total. The molecule has 3 aromatic rings. The van der Waals surface area contributed by atoms with E-state index in [0.717, 1.165) is 0 Å². The highest BCUT2D eigenvalue weighted by Gasteiger charge is 2.53. The molecule has 30 heavy (non-hydrogen) atoms. The lowest BCUT2D eigenvalue weighted by molar-refractivity contribution is -0.0496. The molecule has 0 aliphatic carbocycles. The average molecular weight is 466 g/mol. The van der Waals surface area contributed by atoms with E-state index in [4.69, 9.17) is 0 Å². The second-order valence-corrected chi connectivity index (χ2v) is 10.2. The molecule has 3 aromatic carbocycles. The first-order valence-corrected chi connectivity index (χ1v) is 11.1. The minimum absolute atomic E-state index is 0.242. The zero-order valence-electron chi connectivity index (χ0n) is 14.7. The Morgan fingerprint density at radius 2 is 1.10 bits per heavy atom. The monoisotopic (exact) mass is 466 g/mol. The lowest BCUT2D eigenvalue weighted by atomic mass is 10.3. The van der Waals surface area contributed by atoms with Gasteiger partial charge in [0.15, 0.2) is 0 Å². The van der Waals surface area contributed by atoms with Crippen molar-refractivity contribution in [3.63, 3.8) is 0 Å². The summed E-state index contributed by atoms with van der Waals surface area (Å²) in [7, 11) is -10.5. The molecule has 0 aliphatic heterocycles. The van der Waals surface area contributed by atoms with Gasteiger partial charge in [-0.2, -0.15) is 25.2 Å². The maximum Gasteiger partial charge on any atom is 0.524 e. The third-order valence-electron chi connectivity index (χ3n) is 3.88. The zero-order chi connectivity index (χ0) is 22.2. The van der Waals surface area contributed by atoms with Crippen molar-refractivity contribution in [3.05, 3.63) is 90.2 Å². The van der Waals surface area contributed by atoms with Gasteiger partial charge in [0.05, 0.1) is 4.90 Å². The zero-order valence-corrected chi connectivity index (χ0v) is 16.4. The number of hydrogen-bond acceptors (Lipinski definition) is 3. The normalized spacial score (nSPS) is 13.3. The smallest absolute Gasteiger partial charge is 0.207 e. The van der Waals surface area contributed by atoms with Gasteiger partial charge in [-0.1, -0.05) is 36.4 Å². The fourth-order valence-corrected chi connectivity index (χ4v) is 7.46. The highest BCUT2D eigenvalue weighted by atomic mass is 32.3. The fourth-order valence-electron chi connectivity index (χ4n) is 2.69. The lowest BCUT2D eigenvalue weighted by Gasteiger charge is -2.39. The SMILES string of the molecule is O=S(=O)(OS(c1ccccc1)(c1ccccc1)c1c(F)cc(F)cc1F)C(F)(F)F. The van der Waals surface area contributed by atoms with Crippen LogP contribution in [0.25, 0.3) is 0 Å². The summed E-state index contributed by atoms with van der Waals surface area (Å²) in [6.07, 6.45) is 0. The number of halogens is 6. The van der Waals surface area contributed by atoms with E-state index >= 15 is 0 Å². The van der Waals surface area contributed by atoms with Crippen LogP contribution in [-0.4, -0.2) is 13.9 Å². The Morgan fingerprint density at radius 3 is 1.47 bits per heavy atom. The molecule has 0 heterocycles. The quantitative estimate of drug-likeness (QED) is 0.334. The molecular weight excluding hydrogens is 454 g/mol. The van der Waals surface area contributed by atoms with Crippen LogP contribution in [-0.2, 0) is 13.7 Å². The molecule has 0 unspecified atom stereocenters. The van der Waals surface area contributed by atoms with Crippen LogP contribution in [0.4, 0.5) is 26.3 Å². The van der Waals surface area contributed by atoms with Crippen molar-refractivity contribution in [1.82, 2.24) is 0 Å². The van der Waals surface area contributed by atoms with Crippen LogP contribution >= 0.6 is 10.3 Å². The Balaban J connectivity index is 2.49. The van der Waals surface area contributed by atoms with Crippen LogP contribution in [0.2, 0.25) is 0 Å². The topological polar surface area (TPSA) is 43.4 Å². The summed E-state index contributed by atoms with van der Waals surface area (Å²) in [4.78, 5) is -1.61. The first-order chi connectivity index (χ1) is 14.0. The molecular formula is C19H12F6O3S2. The fraction of sp³-hybridized carbons (Fsp3) is 0.0526. The standard InChI is InChI=1S/C19H12F6O3S2/c20-13-11-16(21)18(17(22)12-13)29(14-7-3-1-4-8-14,15-9-5-2-6-10-15)28-30(26,27)19(23,24)25/h1-12H. The van der Waals surface area contributed by atoms with Crippen molar-refractivity contribution in [2.45, 2.75) is 20.2 Å². The van der Waals surface area contributed by atoms with Gasteiger partial charge in [-0.25, -0.2) is 13.2 Å². The van der Waals surface area contributed by atoms with E-state index in [1.165, 1.54) is 60.7 Å². The van der Waals surface area contributed by atoms with Gasteiger partial charge in [-0.3, -0.25) is 0 Å². The van der Waals surface area contributed by atoms with Gasteiger partial charge in [0.25, 0.3) is 0 Å². The first kappa shape index (κ1) is 22.2. The number of rotatable bonds is 5. The van der Waals surface area contributed by atoms with Gasteiger partial charge < -0.3 is 0 Å². The Bertz CT molecular complexity index is 1090. The van der Waals surface area contributed by atoms with Crippen LogP contribution in [0.3, 0.4) is 0 Å². The van der Waals surface area contributed by atoms with E-state index in [2.05, 4.69) is 3.63 Å². The van der Waals surface area contributed by atoms with Gasteiger partial charge in [0.1, 0.15) is 17.5 Å². The van der Waals surface area contributed by atoms with E-state index in [1.54, 1.807) is 0 Å². The van der Waals surface area contributed by atoms with Crippen molar-refractivity contribution in [2.75, 3.05) is 0 Å². The molecule has 0 saturated heterocycles. The number of hydrogen-bond donors (Lipinski definition) is 0. The van der Waals surface area contributed by atoms with Gasteiger partial charge in [-0.05, 0) is 34.6 Å². The van der Waals surface area contributed by atoms with Gasteiger partial charge in [0.2, 0.25) is 0 Å². The van der Waals surface area contributed by atoms with Crippen LogP contribution in [0.15, 0.2) is 87.5 Å². The molecule has 0 radical (unpaired) electrons. The van der Waals surface area contributed by atoms with E-state index in [9.17, 15) is 34.8 Å². The Kier molecular flexibility index (Phi) is 5.89. The molecule has 0 saturated carbocycles. The molecule has 160 valence electrons. The van der Waals surface area contributed by atoms with E-state index in [1.807, 2.05) is 0 Å². The maximum absolute atomic E-state index is 14.8. The first-order valence-electron chi connectivity index (χ1n) is 8.09. The summed E-state index contributed by atoms with van der Waals surface area (Å²) in [6, 6.07) is 13.5. The third kappa shape index (κ3) is 3.92. The molecule has 0 spiro atoms. The largest absolute Gasteiger partial charge is 0.524 e. The number of benzene rings is 3. The highest BCUT2D eigenvalue weighted by molar-refractivity contribution is 8.33. The van der Waals surface area contributed by atoms with Crippen molar-refractivity contribution < 1.29 is 38.4 Å². The van der Waals surface area contributed by atoms with Crippen LogP contribution < -0.4 is 0 Å². The van der Waals surface area contributed by atoms with Crippen molar-refractivity contribution in [1.29, 1.82) is 0 Å². The second kappa shape index (κ2) is 7.97. The van der Waals surface area contributed by atoms with Crippen LogP contribution in [0, 0.1) is 17.5 Å². The predicted octanol–water partition coefficient (Wildman–Crippen LogP) is 6.17. The summed E-state index contributed by atoms with van der Waals surface area (Å²) >= 11 is 0. The van der Waals surface area contributed by atoms with E-state index < -0.39 is 48.3 Å². The maximum atomic E-state index is 14.8. The molecule has 0 atom stereocenters. The van der Waals surface area contributed by atoms with Crippen molar-refractivity contribution >= 4 is 20.4 Å². The van der Waals surface area contributed by atoms with Gasteiger partial charge in [-0.15, -0.1) is 0 Å². The Labute approximate surface area is 169 Å². The minimum Gasteiger partial charge on any atom is -0.207 e. The molecule has 0 aliphatic rings. The highest BCUT2D eigenvalue weighted by Crippen LogP contribution is 2.71. The Morgan fingerprint density at radius 1 is 0.700 bits per heavy atom. The average Bonchev–Trinajstić information content (AvgIpc) is 2.66. The summed E-state index contributed by atoms with van der Waals surface area (Å²) in [5.74, 6) is -4.51. The second-order valence-electron chi connectivity index (χ2n) is 5.85. The van der Waals surface area contributed by atoms with Crippen molar-refractivity contribution in [3.8, 4) is 0 Å². The minimum atomic E-state index is -6.33. The predicted molar refractivity (Wildman–Crippen MR) is 97.6 cm³/mol. The third-order valence-corrected chi connectivity index (χ3v) is 8.81. The number of alkyl halides is 3. The van der Waals surface area contributed by atoms with E-state index in [-0.39, 0.29) is 21.9 Å². The molecule has 0 fully saturated rings. The van der Waals surface area contributed by atoms with Gasteiger partial charge >= 0.3 is 15.6 Å². The summed E-state index contributed by atoms with van der Waals surface area (Å²) in [5, 5.41) is 0. The van der Waals surface area contributed by atoms with Crippen LogP contribution in [0.5, 0.6) is 0 Å². The summed E-state index contributed by atoms with van der Waals surface area (Å²) < 4.78 is 112.